The number of piperidine rings is 1. The average molecular weight is 248 g/mol. The second-order valence-corrected chi connectivity index (χ2v) is 4.95. The Balaban J connectivity index is 1.72. The van der Waals surface area contributed by atoms with Crippen molar-refractivity contribution in [3.8, 4) is 0 Å². The van der Waals surface area contributed by atoms with Crippen molar-refractivity contribution in [3.63, 3.8) is 0 Å². The van der Waals surface area contributed by atoms with Crippen molar-refractivity contribution in [2.45, 2.75) is 25.4 Å². The average Bonchev–Trinajstić information content (AvgIpc) is 2.98. The van der Waals surface area contributed by atoms with Crippen molar-refractivity contribution < 1.29 is 14.0 Å². The molecule has 1 amide bonds. The molecule has 1 N–H and O–H groups in total. The predicted octanol–water partition coefficient (Wildman–Crippen LogP) is 0.802. The van der Waals surface area contributed by atoms with Crippen LogP contribution in [0.2, 0.25) is 0 Å². The number of hydrogen-bond donors (Lipinski definition) is 1. The maximum Gasteiger partial charge on any atom is 0.224 e. The van der Waals surface area contributed by atoms with E-state index in [1.165, 1.54) is 0 Å². The lowest BCUT2D eigenvalue weighted by molar-refractivity contribution is -0.124. The van der Waals surface area contributed by atoms with Gasteiger partial charge >= 0.3 is 0 Å². The fourth-order valence-electron chi connectivity index (χ4n) is 2.98. The molecule has 0 saturated carbocycles. The van der Waals surface area contributed by atoms with E-state index in [4.69, 9.17) is 4.42 Å². The molecule has 2 unspecified atom stereocenters. The van der Waals surface area contributed by atoms with E-state index in [9.17, 15) is 9.59 Å². The summed E-state index contributed by atoms with van der Waals surface area (Å²) >= 11 is 0. The summed E-state index contributed by atoms with van der Waals surface area (Å²) in [5.74, 6) is 1.45. The molecule has 18 heavy (non-hydrogen) atoms. The molecule has 0 radical (unpaired) electrons. The van der Waals surface area contributed by atoms with Crippen LogP contribution in [0.5, 0.6) is 0 Å². The standard InChI is InChI=1S/C13H16N2O3/c16-8-10-4-3-9(18-10)7-15-5-1-2-11-12(15)6-14-13(11)17/h3-4,8,11-12H,1-2,5-7H2,(H,14,17). The van der Waals surface area contributed by atoms with Crippen LogP contribution < -0.4 is 5.32 Å². The van der Waals surface area contributed by atoms with Crippen LogP contribution in [-0.4, -0.2) is 36.2 Å². The van der Waals surface area contributed by atoms with Gasteiger partial charge in [-0.05, 0) is 31.5 Å². The van der Waals surface area contributed by atoms with Crippen LogP contribution in [0.25, 0.3) is 0 Å². The van der Waals surface area contributed by atoms with E-state index in [1.807, 2.05) is 6.07 Å². The Labute approximate surface area is 105 Å². The molecule has 3 rings (SSSR count). The van der Waals surface area contributed by atoms with E-state index < -0.39 is 0 Å². The van der Waals surface area contributed by atoms with E-state index in [2.05, 4.69) is 10.2 Å². The second-order valence-electron chi connectivity index (χ2n) is 4.95. The first-order valence-electron chi connectivity index (χ1n) is 6.33. The second kappa shape index (κ2) is 4.57. The number of likely N-dealkylation sites (tertiary alicyclic amines) is 1. The van der Waals surface area contributed by atoms with Gasteiger partial charge in [0.2, 0.25) is 5.91 Å². The number of nitrogens with one attached hydrogen (secondary N) is 1. The highest BCUT2D eigenvalue weighted by atomic mass is 16.3. The molecule has 1 aromatic heterocycles. The molecule has 2 fully saturated rings. The molecule has 2 aliphatic rings. The molecule has 0 spiro atoms. The first-order chi connectivity index (χ1) is 8.78. The van der Waals surface area contributed by atoms with Gasteiger partial charge in [-0.2, -0.15) is 0 Å². The lowest BCUT2D eigenvalue weighted by Crippen LogP contribution is -2.44. The van der Waals surface area contributed by atoms with Crippen LogP contribution in [0.4, 0.5) is 0 Å². The third-order valence-corrected chi connectivity index (χ3v) is 3.87. The highest BCUT2D eigenvalue weighted by Crippen LogP contribution is 2.28. The summed E-state index contributed by atoms with van der Waals surface area (Å²) in [6.45, 7) is 2.38. The van der Waals surface area contributed by atoms with Crippen LogP contribution in [-0.2, 0) is 11.3 Å². The van der Waals surface area contributed by atoms with Crippen molar-refractivity contribution in [3.05, 3.63) is 23.7 Å². The normalized spacial score (nSPS) is 27.9. The Morgan fingerprint density at radius 3 is 3.17 bits per heavy atom. The molecule has 5 heteroatoms. The number of hydrogen-bond acceptors (Lipinski definition) is 4. The highest BCUT2D eigenvalue weighted by Gasteiger charge is 2.40. The number of carbonyl (C=O) groups is 2. The topological polar surface area (TPSA) is 62.6 Å². The molecular formula is C13H16N2O3. The molecule has 3 heterocycles. The number of carbonyl (C=O) groups excluding carboxylic acids is 2. The Kier molecular flexibility index (Phi) is 2.91. The third kappa shape index (κ3) is 1.95. The minimum absolute atomic E-state index is 0.124. The largest absolute Gasteiger partial charge is 0.457 e. The minimum Gasteiger partial charge on any atom is -0.457 e. The molecule has 0 bridgehead atoms. The van der Waals surface area contributed by atoms with Crippen LogP contribution in [0.15, 0.2) is 16.5 Å². The van der Waals surface area contributed by atoms with Crippen molar-refractivity contribution in [1.29, 1.82) is 0 Å². The maximum absolute atomic E-state index is 11.6. The van der Waals surface area contributed by atoms with Crippen LogP contribution in [0.3, 0.4) is 0 Å². The quantitative estimate of drug-likeness (QED) is 0.804. The van der Waals surface area contributed by atoms with Gasteiger partial charge in [0.25, 0.3) is 0 Å². The molecule has 0 aliphatic carbocycles. The zero-order chi connectivity index (χ0) is 12.5. The SMILES string of the molecule is O=Cc1ccc(CN2CCCC3C(=O)NCC32)o1. The van der Waals surface area contributed by atoms with Gasteiger partial charge < -0.3 is 9.73 Å². The smallest absolute Gasteiger partial charge is 0.224 e. The number of rotatable bonds is 3. The summed E-state index contributed by atoms with van der Waals surface area (Å²) in [6.07, 6.45) is 2.73. The van der Waals surface area contributed by atoms with Gasteiger partial charge in [-0.1, -0.05) is 0 Å². The summed E-state index contributed by atoms with van der Waals surface area (Å²) in [6, 6.07) is 3.79. The summed E-state index contributed by atoms with van der Waals surface area (Å²) < 4.78 is 5.40. The summed E-state index contributed by atoms with van der Waals surface area (Å²) in [5.41, 5.74) is 0. The molecule has 5 nitrogen and oxygen atoms in total. The fourth-order valence-corrected chi connectivity index (χ4v) is 2.98. The molecule has 2 atom stereocenters. The maximum atomic E-state index is 11.6. The molecule has 1 aromatic rings. The van der Waals surface area contributed by atoms with Crippen LogP contribution in [0.1, 0.15) is 29.2 Å². The zero-order valence-electron chi connectivity index (χ0n) is 10.1. The van der Waals surface area contributed by atoms with Gasteiger partial charge in [0.1, 0.15) is 5.76 Å². The number of fused-ring (bicyclic) bond motifs is 1. The lowest BCUT2D eigenvalue weighted by atomic mass is 9.91. The van der Waals surface area contributed by atoms with E-state index in [0.717, 1.165) is 31.7 Å². The van der Waals surface area contributed by atoms with Crippen molar-refractivity contribution in [2.24, 2.45) is 5.92 Å². The molecular weight excluding hydrogens is 232 g/mol. The Hall–Kier alpha value is -1.62. The Morgan fingerprint density at radius 2 is 2.39 bits per heavy atom. The van der Waals surface area contributed by atoms with Gasteiger partial charge in [-0.15, -0.1) is 0 Å². The fraction of sp³-hybridized carbons (Fsp3) is 0.538. The first-order valence-corrected chi connectivity index (χ1v) is 6.33. The number of nitrogens with zero attached hydrogens (tertiary/aromatic N) is 1. The number of aldehydes is 1. The molecule has 0 aromatic carbocycles. The van der Waals surface area contributed by atoms with Gasteiger partial charge in [-0.3, -0.25) is 14.5 Å². The Bertz CT molecular complexity index is 469. The van der Waals surface area contributed by atoms with E-state index in [0.29, 0.717) is 18.6 Å². The highest BCUT2D eigenvalue weighted by molar-refractivity contribution is 5.82. The summed E-state index contributed by atoms with van der Waals surface area (Å²) in [7, 11) is 0. The predicted molar refractivity (Wildman–Crippen MR) is 64.0 cm³/mol. The van der Waals surface area contributed by atoms with E-state index >= 15 is 0 Å². The molecule has 2 saturated heterocycles. The lowest BCUT2D eigenvalue weighted by Gasteiger charge is -2.35. The number of furan rings is 1. The van der Waals surface area contributed by atoms with Crippen molar-refractivity contribution >= 4 is 12.2 Å². The number of amides is 1. The van der Waals surface area contributed by atoms with Gasteiger partial charge in [0, 0.05) is 12.6 Å². The van der Waals surface area contributed by atoms with E-state index in [1.54, 1.807) is 6.07 Å². The van der Waals surface area contributed by atoms with Gasteiger partial charge in [0.15, 0.2) is 12.0 Å². The van der Waals surface area contributed by atoms with Crippen molar-refractivity contribution in [1.82, 2.24) is 10.2 Å². The Morgan fingerprint density at radius 1 is 1.50 bits per heavy atom. The zero-order valence-corrected chi connectivity index (χ0v) is 10.1. The van der Waals surface area contributed by atoms with Crippen LogP contribution in [0, 0.1) is 5.92 Å². The molecule has 96 valence electrons. The van der Waals surface area contributed by atoms with Gasteiger partial charge in [0.05, 0.1) is 12.5 Å². The van der Waals surface area contributed by atoms with Crippen LogP contribution >= 0.6 is 0 Å². The summed E-state index contributed by atoms with van der Waals surface area (Å²) in [5, 5.41) is 2.93. The van der Waals surface area contributed by atoms with Crippen molar-refractivity contribution in [2.75, 3.05) is 13.1 Å². The van der Waals surface area contributed by atoms with E-state index in [-0.39, 0.29) is 17.9 Å². The third-order valence-electron chi connectivity index (χ3n) is 3.87. The monoisotopic (exact) mass is 248 g/mol. The summed E-state index contributed by atoms with van der Waals surface area (Å²) in [4.78, 5) is 24.5. The first kappa shape index (κ1) is 11.5. The van der Waals surface area contributed by atoms with Gasteiger partial charge in [-0.25, -0.2) is 0 Å². The molecule has 2 aliphatic heterocycles. The minimum atomic E-state index is 0.124.